The quantitative estimate of drug-likeness (QED) is 0.122. The molecule has 4 aromatic rings. The Bertz CT molecular complexity index is 1840. The molecule has 244 valence electrons. The number of carbonyl (C=O) groups is 2. The number of anilines is 1. The van der Waals surface area contributed by atoms with Gasteiger partial charge in [0.05, 0.1) is 23.3 Å². The van der Waals surface area contributed by atoms with Crippen molar-refractivity contribution in [1.29, 1.82) is 0 Å². The number of nitrogens with zero attached hydrogens (tertiary/aromatic N) is 6. The van der Waals surface area contributed by atoms with E-state index in [1.807, 2.05) is 39.0 Å². The summed E-state index contributed by atoms with van der Waals surface area (Å²) in [5.41, 5.74) is 6.56. The topological polar surface area (TPSA) is 114 Å². The van der Waals surface area contributed by atoms with Crippen LogP contribution in [-0.2, 0) is 4.79 Å². The number of nitrogens with one attached hydrogen (secondary N) is 1. The normalized spacial score (nSPS) is 14.9. The molecular formula is C31H26F5N7O3S. The van der Waals surface area contributed by atoms with Gasteiger partial charge >= 0.3 is 18.3 Å². The highest BCUT2D eigenvalue weighted by Crippen LogP contribution is 2.37. The van der Waals surface area contributed by atoms with Crippen molar-refractivity contribution in [3.63, 3.8) is 0 Å². The van der Waals surface area contributed by atoms with Gasteiger partial charge in [-0.15, -0.1) is 5.10 Å². The van der Waals surface area contributed by atoms with E-state index in [9.17, 15) is 31.5 Å². The third kappa shape index (κ3) is 7.65. The number of hydrogen-bond donors (Lipinski definition) is 1. The van der Waals surface area contributed by atoms with Gasteiger partial charge in [0.2, 0.25) is 5.91 Å². The summed E-state index contributed by atoms with van der Waals surface area (Å²) in [7, 11) is 0. The Labute approximate surface area is 269 Å². The van der Waals surface area contributed by atoms with E-state index in [0.717, 1.165) is 23.3 Å². The number of amidine groups is 1. The maximum absolute atomic E-state index is 13.1. The van der Waals surface area contributed by atoms with E-state index in [0.29, 0.717) is 28.3 Å². The van der Waals surface area contributed by atoms with Gasteiger partial charge in [-0.1, -0.05) is 62.0 Å². The predicted octanol–water partition coefficient (Wildman–Crippen LogP) is 7.08. The fraction of sp³-hybridized carbons (Fsp3) is 0.226. The average Bonchev–Trinajstić information content (AvgIpc) is 3.64. The predicted molar refractivity (Wildman–Crippen MR) is 167 cm³/mol. The molecule has 5 rings (SSSR count). The second-order valence-electron chi connectivity index (χ2n) is 10.5. The van der Waals surface area contributed by atoms with Crippen LogP contribution >= 0.6 is 11.8 Å². The number of amides is 3. The largest absolute Gasteiger partial charge is 0.499 e. The van der Waals surface area contributed by atoms with Crippen LogP contribution in [0.25, 0.3) is 17.1 Å². The molecule has 1 aliphatic rings. The second kappa shape index (κ2) is 13.3. The monoisotopic (exact) mass is 671 g/mol. The van der Waals surface area contributed by atoms with Gasteiger partial charge in [-0.2, -0.15) is 32.0 Å². The Morgan fingerprint density at radius 3 is 2.40 bits per heavy atom. The Balaban J connectivity index is 1.21. The molecule has 0 aliphatic carbocycles. The zero-order valence-electron chi connectivity index (χ0n) is 25.0. The van der Waals surface area contributed by atoms with Gasteiger partial charge in [0.15, 0.2) is 11.0 Å². The standard InChI is InChI=1S/C31H26F5N7O3S/c1-18(2)24-13-4-19(3)14-25(24)43-26(44)16-47-29(43)39-28(45)40-38-15-20-5-7-21(8-6-20)27-37-17-42(41-27)22-9-11-23(12-10-22)46-31(35,36)30(32,33)34/h4-15,17-18H,16H2,1-3H3,(H,40,45)/b38-15+,39-29-. The first-order chi connectivity index (χ1) is 22.2. The zero-order valence-corrected chi connectivity index (χ0v) is 25.8. The van der Waals surface area contributed by atoms with Crippen LogP contribution in [0.3, 0.4) is 0 Å². The molecule has 1 saturated heterocycles. The molecular weight excluding hydrogens is 645 g/mol. The molecule has 2 heterocycles. The molecule has 0 unspecified atom stereocenters. The number of hydrogen-bond acceptors (Lipinski definition) is 7. The third-order valence-electron chi connectivity index (χ3n) is 6.72. The SMILES string of the molecule is Cc1ccc(C(C)C)c(N2C(=O)CS/C2=N\C(=O)N/N=C/c2ccc(-c3ncn(-c4ccc(OC(F)(F)C(F)(F)F)cc4)n3)cc2)c1. The highest BCUT2D eigenvalue weighted by Gasteiger charge is 2.61. The van der Waals surface area contributed by atoms with Gasteiger partial charge in [-0.25, -0.2) is 19.9 Å². The van der Waals surface area contributed by atoms with Crippen molar-refractivity contribution in [3.8, 4) is 22.8 Å². The lowest BCUT2D eigenvalue weighted by molar-refractivity contribution is -0.360. The number of urea groups is 1. The molecule has 0 bridgehead atoms. The number of halogens is 5. The number of aryl methyl sites for hydroxylation is 1. The number of ether oxygens (including phenoxy) is 1. The maximum Gasteiger partial charge on any atom is 0.499 e. The summed E-state index contributed by atoms with van der Waals surface area (Å²) in [6, 6.07) is 16.3. The van der Waals surface area contributed by atoms with Crippen molar-refractivity contribution in [1.82, 2.24) is 20.2 Å². The van der Waals surface area contributed by atoms with Crippen LogP contribution in [0.2, 0.25) is 0 Å². The Morgan fingerprint density at radius 2 is 1.74 bits per heavy atom. The summed E-state index contributed by atoms with van der Waals surface area (Å²) < 4.78 is 68.5. The van der Waals surface area contributed by atoms with Gasteiger partial charge in [0.1, 0.15) is 12.1 Å². The van der Waals surface area contributed by atoms with E-state index >= 15 is 0 Å². The minimum absolute atomic E-state index is 0.150. The first kappa shape index (κ1) is 33.2. The molecule has 0 saturated carbocycles. The number of aliphatic imine (C=N–C) groups is 1. The smallest absolute Gasteiger partial charge is 0.426 e. The van der Waals surface area contributed by atoms with E-state index in [2.05, 4.69) is 30.3 Å². The maximum atomic E-state index is 13.1. The molecule has 3 amide bonds. The number of carbonyl (C=O) groups excluding carboxylic acids is 2. The molecule has 3 aromatic carbocycles. The molecule has 1 fully saturated rings. The van der Waals surface area contributed by atoms with E-state index in [1.54, 1.807) is 24.3 Å². The van der Waals surface area contributed by atoms with Gasteiger partial charge in [-0.05, 0) is 59.9 Å². The van der Waals surface area contributed by atoms with Crippen molar-refractivity contribution >= 4 is 40.8 Å². The fourth-order valence-corrected chi connectivity index (χ4v) is 5.26. The molecule has 0 atom stereocenters. The molecule has 0 spiro atoms. The highest BCUT2D eigenvalue weighted by molar-refractivity contribution is 8.15. The van der Waals surface area contributed by atoms with Crippen molar-refractivity contribution < 1.29 is 36.3 Å². The lowest BCUT2D eigenvalue weighted by atomic mass is 9.99. The highest BCUT2D eigenvalue weighted by atomic mass is 32.2. The summed E-state index contributed by atoms with van der Waals surface area (Å²) in [6.07, 6.45) is -8.43. The van der Waals surface area contributed by atoms with Gasteiger partial charge in [0, 0.05) is 5.56 Å². The summed E-state index contributed by atoms with van der Waals surface area (Å²) in [5.74, 6) is -0.221. The molecule has 1 aromatic heterocycles. The van der Waals surface area contributed by atoms with Crippen molar-refractivity contribution in [2.24, 2.45) is 10.1 Å². The summed E-state index contributed by atoms with van der Waals surface area (Å²) in [6.45, 7) is 5.98. The number of thioether (sulfide) groups is 1. The first-order valence-corrected chi connectivity index (χ1v) is 14.9. The Morgan fingerprint density at radius 1 is 1.04 bits per heavy atom. The molecule has 1 N–H and O–H groups in total. The average molecular weight is 672 g/mol. The zero-order chi connectivity index (χ0) is 33.9. The van der Waals surface area contributed by atoms with E-state index in [4.69, 9.17) is 0 Å². The van der Waals surface area contributed by atoms with Crippen LogP contribution in [0.4, 0.5) is 32.4 Å². The van der Waals surface area contributed by atoms with Crippen molar-refractivity contribution in [3.05, 3.63) is 89.7 Å². The summed E-state index contributed by atoms with van der Waals surface area (Å²) >= 11 is 1.17. The number of alkyl halides is 5. The van der Waals surface area contributed by atoms with Gasteiger partial charge in [0.25, 0.3) is 0 Å². The van der Waals surface area contributed by atoms with Gasteiger partial charge in [-0.3, -0.25) is 9.69 Å². The molecule has 1 aliphatic heterocycles. The van der Waals surface area contributed by atoms with E-state index in [1.165, 1.54) is 46.0 Å². The van der Waals surface area contributed by atoms with E-state index < -0.39 is 24.1 Å². The van der Waals surface area contributed by atoms with Crippen LogP contribution in [0.5, 0.6) is 5.75 Å². The van der Waals surface area contributed by atoms with Crippen molar-refractivity contribution in [2.45, 2.75) is 39.0 Å². The van der Waals surface area contributed by atoms with Crippen molar-refractivity contribution in [2.75, 3.05) is 10.7 Å². The number of rotatable bonds is 8. The second-order valence-corrected chi connectivity index (χ2v) is 11.5. The Kier molecular flexibility index (Phi) is 9.42. The number of benzene rings is 3. The molecule has 16 heteroatoms. The molecule has 10 nitrogen and oxygen atoms in total. The molecule has 47 heavy (non-hydrogen) atoms. The number of hydrazone groups is 1. The fourth-order valence-electron chi connectivity index (χ4n) is 4.40. The third-order valence-corrected chi connectivity index (χ3v) is 7.65. The number of aromatic nitrogens is 3. The minimum atomic E-state index is -5.85. The van der Waals surface area contributed by atoms with Crippen LogP contribution in [0.15, 0.2) is 83.2 Å². The summed E-state index contributed by atoms with van der Waals surface area (Å²) in [4.78, 5) is 35.0. The molecule has 0 radical (unpaired) electrons. The van der Waals surface area contributed by atoms with Crippen LogP contribution in [0.1, 0.15) is 36.5 Å². The van der Waals surface area contributed by atoms with Crippen LogP contribution in [-0.4, -0.2) is 56.1 Å². The van der Waals surface area contributed by atoms with Gasteiger partial charge < -0.3 is 4.74 Å². The van der Waals surface area contributed by atoms with E-state index in [-0.39, 0.29) is 22.7 Å². The van der Waals surface area contributed by atoms with Crippen LogP contribution < -0.4 is 15.1 Å². The first-order valence-electron chi connectivity index (χ1n) is 14.0. The summed E-state index contributed by atoms with van der Waals surface area (Å²) in [5, 5.41) is 8.52. The lowest BCUT2D eigenvalue weighted by Crippen LogP contribution is -2.41. The Hall–Kier alpha value is -5.12. The minimum Gasteiger partial charge on any atom is -0.426 e. The lowest BCUT2D eigenvalue weighted by Gasteiger charge is -2.22. The van der Waals surface area contributed by atoms with Crippen LogP contribution in [0, 0.1) is 6.92 Å².